The monoisotopic (exact) mass is 400 g/mol. The molecule has 2 unspecified atom stereocenters. The maximum Gasteiger partial charge on any atom is 0.209 e. The first-order chi connectivity index (χ1) is 14.6. The van der Waals surface area contributed by atoms with Gasteiger partial charge in [0.25, 0.3) is 0 Å². The summed E-state index contributed by atoms with van der Waals surface area (Å²) in [6.07, 6.45) is 12.4. The third-order valence-corrected chi connectivity index (χ3v) is 6.41. The van der Waals surface area contributed by atoms with Crippen LogP contribution in [0.1, 0.15) is 42.7 Å². The van der Waals surface area contributed by atoms with Crippen molar-refractivity contribution >= 4 is 16.7 Å². The van der Waals surface area contributed by atoms with Gasteiger partial charge < -0.3 is 14.3 Å². The van der Waals surface area contributed by atoms with Crippen LogP contribution in [0.5, 0.6) is 0 Å². The van der Waals surface area contributed by atoms with E-state index in [0.29, 0.717) is 17.0 Å². The van der Waals surface area contributed by atoms with Crippen LogP contribution in [0.25, 0.3) is 28.0 Å². The molecule has 2 atom stereocenters. The fourth-order valence-electron chi connectivity index (χ4n) is 4.65. The second kappa shape index (κ2) is 7.77. The zero-order valence-corrected chi connectivity index (χ0v) is 17.7. The Morgan fingerprint density at radius 2 is 2.00 bits per heavy atom. The van der Waals surface area contributed by atoms with E-state index in [-0.39, 0.29) is 5.43 Å². The van der Waals surface area contributed by atoms with Gasteiger partial charge in [0.2, 0.25) is 5.71 Å². The summed E-state index contributed by atoms with van der Waals surface area (Å²) in [5.74, 6) is 2.27. The van der Waals surface area contributed by atoms with Crippen molar-refractivity contribution in [2.75, 3.05) is 20.6 Å². The summed E-state index contributed by atoms with van der Waals surface area (Å²) < 4.78 is 6.20. The molecule has 3 aromatic rings. The smallest absolute Gasteiger partial charge is 0.209 e. The van der Waals surface area contributed by atoms with Gasteiger partial charge in [-0.2, -0.15) is 0 Å². The molecule has 4 heteroatoms. The number of H-pyrrole nitrogens is 1. The molecule has 4 nitrogen and oxygen atoms in total. The Balaban J connectivity index is 1.49. The van der Waals surface area contributed by atoms with Crippen molar-refractivity contribution in [2.24, 2.45) is 5.92 Å². The number of allylic oxidation sites excluding steroid dienone is 4. The highest BCUT2D eigenvalue weighted by Gasteiger charge is 2.37. The Labute approximate surface area is 176 Å². The van der Waals surface area contributed by atoms with Crippen LogP contribution < -0.4 is 5.43 Å². The highest BCUT2D eigenvalue weighted by atomic mass is 16.3. The molecule has 5 rings (SSSR count). The van der Waals surface area contributed by atoms with Crippen molar-refractivity contribution in [3.63, 3.8) is 0 Å². The number of hydrogen-bond acceptors (Lipinski definition) is 3. The highest BCUT2D eigenvalue weighted by molar-refractivity contribution is 5.97. The predicted octanol–water partition coefficient (Wildman–Crippen LogP) is 5.58. The van der Waals surface area contributed by atoms with Gasteiger partial charge in [-0.25, -0.2) is 0 Å². The minimum Gasteiger partial charge on any atom is -0.439 e. The molecule has 0 radical (unpaired) electrons. The van der Waals surface area contributed by atoms with Crippen LogP contribution in [0.2, 0.25) is 0 Å². The molecule has 30 heavy (non-hydrogen) atoms. The summed E-state index contributed by atoms with van der Waals surface area (Å²) in [4.78, 5) is 18.0. The van der Waals surface area contributed by atoms with E-state index in [1.54, 1.807) is 12.3 Å². The SMILES string of the molecule is CN(C)CCC1CC1c1ccc(-c2oc3[nH]ccc(=O)c3c2C2=CC=CCC2)cc1. The van der Waals surface area contributed by atoms with E-state index < -0.39 is 0 Å². The lowest BCUT2D eigenvalue weighted by Gasteiger charge is -2.11. The quantitative estimate of drug-likeness (QED) is 0.588. The summed E-state index contributed by atoms with van der Waals surface area (Å²) in [5, 5.41) is 0.657. The molecular formula is C26H28N2O2. The van der Waals surface area contributed by atoms with Crippen LogP contribution in [0.4, 0.5) is 0 Å². The van der Waals surface area contributed by atoms with E-state index >= 15 is 0 Å². The Kier molecular flexibility index (Phi) is 4.95. The second-order valence-corrected chi connectivity index (χ2v) is 8.83. The Bertz CT molecular complexity index is 1180. The maximum absolute atomic E-state index is 12.7. The molecule has 154 valence electrons. The molecule has 0 bridgehead atoms. The largest absolute Gasteiger partial charge is 0.439 e. The van der Waals surface area contributed by atoms with E-state index in [4.69, 9.17) is 4.42 Å². The number of furan rings is 1. The van der Waals surface area contributed by atoms with Crippen LogP contribution in [0, 0.1) is 5.92 Å². The molecule has 1 fully saturated rings. The lowest BCUT2D eigenvalue weighted by molar-refractivity contribution is 0.387. The third kappa shape index (κ3) is 3.56. The van der Waals surface area contributed by atoms with Crippen LogP contribution in [-0.4, -0.2) is 30.5 Å². The predicted molar refractivity (Wildman–Crippen MR) is 123 cm³/mol. The van der Waals surface area contributed by atoms with Gasteiger partial charge >= 0.3 is 0 Å². The number of fused-ring (bicyclic) bond motifs is 1. The molecule has 2 aliphatic rings. The summed E-state index contributed by atoms with van der Waals surface area (Å²) in [6, 6.07) is 10.4. The second-order valence-electron chi connectivity index (χ2n) is 8.83. The van der Waals surface area contributed by atoms with Crippen molar-refractivity contribution in [3.05, 3.63) is 76.1 Å². The molecule has 2 aliphatic carbocycles. The number of hydrogen-bond donors (Lipinski definition) is 1. The molecule has 0 aliphatic heterocycles. The zero-order valence-electron chi connectivity index (χ0n) is 17.7. The molecule has 0 spiro atoms. The van der Waals surface area contributed by atoms with Crippen molar-refractivity contribution in [2.45, 2.75) is 31.6 Å². The van der Waals surface area contributed by atoms with Gasteiger partial charge in [0.1, 0.15) is 5.76 Å². The van der Waals surface area contributed by atoms with Gasteiger partial charge in [-0.3, -0.25) is 4.79 Å². The minimum atomic E-state index is 0.00235. The number of aromatic nitrogens is 1. The molecule has 1 aromatic carbocycles. The average Bonchev–Trinajstić information content (AvgIpc) is 3.43. The fraction of sp³-hybridized carbons (Fsp3) is 0.346. The number of pyridine rings is 1. The maximum atomic E-state index is 12.7. The van der Waals surface area contributed by atoms with E-state index in [1.165, 1.54) is 18.4 Å². The number of nitrogens with one attached hydrogen (secondary N) is 1. The van der Waals surface area contributed by atoms with E-state index in [1.807, 2.05) is 0 Å². The molecular weight excluding hydrogens is 372 g/mol. The highest BCUT2D eigenvalue weighted by Crippen LogP contribution is 2.50. The zero-order chi connectivity index (χ0) is 20.7. The van der Waals surface area contributed by atoms with Crippen LogP contribution >= 0.6 is 0 Å². The van der Waals surface area contributed by atoms with Gasteiger partial charge in [0.05, 0.1) is 5.39 Å². The topological polar surface area (TPSA) is 49.2 Å². The molecule has 1 saturated carbocycles. The number of benzene rings is 1. The van der Waals surface area contributed by atoms with Gasteiger partial charge in [-0.15, -0.1) is 0 Å². The van der Waals surface area contributed by atoms with Gasteiger partial charge in [-0.1, -0.05) is 42.5 Å². The summed E-state index contributed by atoms with van der Waals surface area (Å²) in [7, 11) is 4.28. The van der Waals surface area contributed by atoms with Gasteiger partial charge in [0.15, 0.2) is 5.43 Å². The van der Waals surface area contributed by atoms with Crippen molar-refractivity contribution in [1.82, 2.24) is 9.88 Å². The first-order valence-corrected chi connectivity index (χ1v) is 10.9. The summed E-state index contributed by atoms with van der Waals surface area (Å²) >= 11 is 0. The first-order valence-electron chi connectivity index (χ1n) is 10.9. The van der Waals surface area contributed by atoms with Crippen molar-refractivity contribution < 1.29 is 4.42 Å². The summed E-state index contributed by atoms with van der Waals surface area (Å²) in [5.41, 5.74) is 5.10. The third-order valence-electron chi connectivity index (χ3n) is 6.41. The molecule has 0 saturated heterocycles. The Hall–Kier alpha value is -2.85. The van der Waals surface area contributed by atoms with Crippen LogP contribution in [0.3, 0.4) is 0 Å². The fourth-order valence-corrected chi connectivity index (χ4v) is 4.65. The molecule has 2 aromatic heterocycles. The average molecular weight is 401 g/mol. The summed E-state index contributed by atoms with van der Waals surface area (Å²) in [6.45, 7) is 1.15. The molecule has 1 N–H and O–H groups in total. The minimum absolute atomic E-state index is 0.00235. The van der Waals surface area contributed by atoms with Crippen molar-refractivity contribution in [3.8, 4) is 11.3 Å². The standard InChI is InChI=1S/C26H28N2O2/c1-28(2)15-13-20-16-21(20)17-8-10-19(11-9-17)25-23(18-6-4-3-5-7-18)24-22(29)12-14-27-26(24)30-25/h3-4,6,8-12,14,20-21H,5,7,13,15-16H2,1-2H3,(H,27,29). The van der Waals surface area contributed by atoms with Gasteiger partial charge in [-0.05, 0) is 69.3 Å². The van der Waals surface area contributed by atoms with E-state index in [0.717, 1.165) is 47.8 Å². The lowest BCUT2D eigenvalue weighted by atomic mass is 9.93. The Morgan fingerprint density at radius 3 is 2.73 bits per heavy atom. The van der Waals surface area contributed by atoms with Crippen LogP contribution in [0.15, 0.2) is 64.0 Å². The number of rotatable bonds is 6. The normalized spacial score (nSPS) is 20.7. The number of nitrogens with zero attached hydrogens (tertiary/aromatic N) is 1. The lowest BCUT2D eigenvalue weighted by Crippen LogP contribution is -2.13. The first kappa shape index (κ1) is 19.1. The van der Waals surface area contributed by atoms with Crippen LogP contribution in [-0.2, 0) is 0 Å². The van der Waals surface area contributed by atoms with Crippen molar-refractivity contribution in [1.29, 1.82) is 0 Å². The van der Waals surface area contributed by atoms with Gasteiger partial charge in [0, 0.05) is 23.4 Å². The van der Waals surface area contributed by atoms with E-state index in [2.05, 4.69) is 66.5 Å². The molecule has 0 amide bonds. The molecule has 2 heterocycles. The Morgan fingerprint density at radius 1 is 1.17 bits per heavy atom. The number of aromatic amines is 1. The van der Waals surface area contributed by atoms with E-state index in [9.17, 15) is 4.79 Å².